The van der Waals surface area contributed by atoms with Gasteiger partial charge in [0.05, 0.1) is 6.54 Å². The topological polar surface area (TPSA) is 81.2 Å². The average Bonchev–Trinajstić information content (AvgIpc) is 3.24. The predicted molar refractivity (Wildman–Crippen MR) is 97.8 cm³/mol. The van der Waals surface area contributed by atoms with Gasteiger partial charge in [0, 0.05) is 70.0 Å². The molecule has 0 atom stereocenters. The molecule has 2 aromatic heterocycles. The Bertz CT molecular complexity index is 690. The second-order valence-corrected chi connectivity index (χ2v) is 6.94. The first-order chi connectivity index (χ1) is 12.8. The highest BCUT2D eigenvalue weighted by Crippen LogP contribution is 2.25. The molecule has 0 bridgehead atoms. The van der Waals surface area contributed by atoms with Crippen LogP contribution in [0.3, 0.4) is 0 Å². The normalized spacial score (nSPS) is 19.7. The second kappa shape index (κ2) is 7.82. The third-order valence-corrected chi connectivity index (χ3v) is 5.32. The third kappa shape index (κ3) is 3.85. The van der Waals surface area contributed by atoms with Gasteiger partial charge in [-0.15, -0.1) is 0 Å². The van der Waals surface area contributed by atoms with E-state index in [9.17, 15) is 4.79 Å². The highest BCUT2D eigenvalue weighted by molar-refractivity contribution is 5.78. The number of aromatic nitrogens is 4. The van der Waals surface area contributed by atoms with Crippen LogP contribution in [0.5, 0.6) is 0 Å². The van der Waals surface area contributed by atoms with Gasteiger partial charge in [-0.05, 0) is 18.9 Å². The summed E-state index contributed by atoms with van der Waals surface area (Å²) in [6.45, 7) is 5.61. The molecule has 0 aromatic carbocycles. The molecule has 2 saturated heterocycles. The Labute approximate surface area is 153 Å². The number of anilines is 1. The molecule has 2 aromatic rings. The lowest BCUT2D eigenvalue weighted by Gasteiger charge is -2.36. The standard InChI is InChI=1S/C18H25N7O/c26-16(24-8-2-15(3-9-24)17-19-6-7-20-17)14-23-10-12-25(13-11-23)18-21-4-1-5-22-18/h1,4-7,15H,2-3,8-14H2,(H,19,20). The third-order valence-electron chi connectivity index (χ3n) is 5.32. The van der Waals surface area contributed by atoms with Crippen LogP contribution in [-0.4, -0.2) is 81.5 Å². The SMILES string of the molecule is O=C(CN1CCN(c2ncccn2)CC1)N1CCC(c2ncc[nH]2)CC1. The smallest absolute Gasteiger partial charge is 0.236 e. The average molecular weight is 355 g/mol. The lowest BCUT2D eigenvalue weighted by atomic mass is 9.96. The van der Waals surface area contributed by atoms with Gasteiger partial charge in [0.25, 0.3) is 0 Å². The fraction of sp³-hybridized carbons (Fsp3) is 0.556. The molecule has 2 aliphatic rings. The Balaban J connectivity index is 1.22. The molecule has 0 saturated carbocycles. The van der Waals surface area contributed by atoms with Gasteiger partial charge < -0.3 is 14.8 Å². The minimum absolute atomic E-state index is 0.243. The molecule has 26 heavy (non-hydrogen) atoms. The molecular formula is C18H25N7O. The van der Waals surface area contributed by atoms with E-state index < -0.39 is 0 Å². The fourth-order valence-corrected chi connectivity index (χ4v) is 3.75. The number of hydrogen-bond donors (Lipinski definition) is 1. The maximum Gasteiger partial charge on any atom is 0.236 e. The quantitative estimate of drug-likeness (QED) is 0.871. The van der Waals surface area contributed by atoms with Crippen molar-refractivity contribution in [2.45, 2.75) is 18.8 Å². The van der Waals surface area contributed by atoms with Gasteiger partial charge in [-0.25, -0.2) is 15.0 Å². The summed E-state index contributed by atoms with van der Waals surface area (Å²) in [6, 6.07) is 1.83. The van der Waals surface area contributed by atoms with Crippen LogP contribution < -0.4 is 4.90 Å². The number of aromatic amines is 1. The van der Waals surface area contributed by atoms with E-state index in [2.05, 4.69) is 29.7 Å². The molecule has 4 heterocycles. The maximum atomic E-state index is 12.6. The van der Waals surface area contributed by atoms with Crippen molar-refractivity contribution in [1.29, 1.82) is 0 Å². The summed E-state index contributed by atoms with van der Waals surface area (Å²) in [5.41, 5.74) is 0. The Morgan fingerprint density at radius 2 is 1.73 bits per heavy atom. The second-order valence-electron chi connectivity index (χ2n) is 6.94. The van der Waals surface area contributed by atoms with E-state index in [1.807, 2.05) is 17.2 Å². The summed E-state index contributed by atoms with van der Waals surface area (Å²) in [4.78, 5) is 35.2. The molecule has 8 nitrogen and oxygen atoms in total. The van der Waals surface area contributed by atoms with Gasteiger partial charge >= 0.3 is 0 Å². The zero-order valence-electron chi connectivity index (χ0n) is 14.9. The molecular weight excluding hydrogens is 330 g/mol. The summed E-state index contributed by atoms with van der Waals surface area (Å²) in [7, 11) is 0. The molecule has 2 aliphatic heterocycles. The number of amides is 1. The van der Waals surface area contributed by atoms with E-state index in [0.29, 0.717) is 12.5 Å². The number of carbonyl (C=O) groups is 1. The predicted octanol–water partition coefficient (Wildman–Crippen LogP) is 0.728. The number of piperidine rings is 1. The number of imidazole rings is 1. The van der Waals surface area contributed by atoms with E-state index in [4.69, 9.17) is 0 Å². The first kappa shape index (κ1) is 17.0. The molecule has 1 amide bonds. The maximum absolute atomic E-state index is 12.6. The summed E-state index contributed by atoms with van der Waals surface area (Å²) >= 11 is 0. The Morgan fingerprint density at radius 1 is 1.00 bits per heavy atom. The van der Waals surface area contributed by atoms with Crippen LogP contribution in [-0.2, 0) is 4.79 Å². The summed E-state index contributed by atoms with van der Waals surface area (Å²) in [5, 5.41) is 0. The first-order valence-electron chi connectivity index (χ1n) is 9.31. The minimum Gasteiger partial charge on any atom is -0.348 e. The van der Waals surface area contributed by atoms with Gasteiger partial charge in [-0.3, -0.25) is 9.69 Å². The Morgan fingerprint density at radius 3 is 2.38 bits per heavy atom. The Kier molecular flexibility index (Phi) is 5.10. The van der Waals surface area contributed by atoms with Gasteiger partial charge in [0.2, 0.25) is 11.9 Å². The number of H-pyrrole nitrogens is 1. The van der Waals surface area contributed by atoms with Crippen molar-refractivity contribution >= 4 is 11.9 Å². The highest BCUT2D eigenvalue weighted by atomic mass is 16.2. The molecule has 4 rings (SSSR count). The number of piperazine rings is 1. The van der Waals surface area contributed by atoms with Crippen molar-refractivity contribution in [2.24, 2.45) is 0 Å². The van der Waals surface area contributed by atoms with E-state index in [-0.39, 0.29) is 5.91 Å². The van der Waals surface area contributed by atoms with Gasteiger partial charge in [0.15, 0.2) is 0 Å². The van der Waals surface area contributed by atoms with Crippen molar-refractivity contribution in [3.63, 3.8) is 0 Å². The molecule has 8 heteroatoms. The van der Waals surface area contributed by atoms with E-state index in [0.717, 1.165) is 63.9 Å². The van der Waals surface area contributed by atoms with Crippen molar-refractivity contribution in [1.82, 2.24) is 29.7 Å². The lowest BCUT2D eigenvalue weighted by molar-refractivity contribution is -0.133. The van der Waals surface area contributed by atoms with Crippen LogP contribution >= 0.6 is 0 Å². The number of nitrogens with one attached hydrogen (secondary N) is 1. The lowest BCUT2D eigenvalue weighted by Crippen LogP contribution is -2.51. The van der Waals surface area contributed by atoms with E-state index >= 15 is 0 Å². The summed E-state index contributed by atoms with van der Waals surface area (Å²) in [5.74, 6) is 2.52. The van der Waals surface area contributed by atoms with Crippen molar-refractivity contribution in [3.05, 3.63) is 36.7 Å². The molecule has 2 fully saturated rings. The van der Waals surface area contributed by atoms with Gasteiger partial charge in [-0.2, -0.15) is 0 Å². The van der Waals surface area contributed by atoms with Gasteiger partial charge in [0.1, 0.15) is 5.82 Å². The largest absolute Gasteiger partial charge is 0.348 e. The number of rotatable bonds is 4. The van der Waals surface area contributed by atoms with Crippen LogP contribution in [0.2, 0.25) is 0 Å². The summed E-state index contributed by atoms with van der Waals surface area (Å²) in [6.07, 6.45) is 9.17. The van der Waals surface area contributed by atoms with Gasteiger partial charge in [-0.1, -0.05) is 0 Å². The monoisotopic (exact) mass is 355 g/mol. The number of carbonyl (C=O) groups excluding carboxylic acids is 1. The highest BCUT2D eigenvalue weighted by Gasteiger charge is 2.27. The first-order valence-corrected chi connectivity index (χ1v) is 9.31. The zero-order chi connectivity index (χ0) is 17.8. The van der Waals surface area contributed by atoms with Crippen LogP contribution in [0.4, 0.5) is 5.95 Å². The van der Waals surface area contributed by atoms with E-state index in [1.54, 1.807) is 18.6 Å². The Hall–Kier alpha value is -2.48. The molecule has 0 radical (unpaired) electrons. The molecule has 0 spiro atoms. The molecule has 138 valence electrons. The number of hydrogen-bond acceptors (Lipinski definition) is 6. The summed E-state index contributed by atoms with van der Waals surface area (Å²) < 4.78 is 0. The number of nitrogens with zero attached hydrogens (tertiary/aromatic N) is 6. The van der Waals surface area contributed by atoms with Crippen LogP contribution in [0.15, 0.2) is 30.9 Å². The minimum atomic E-state index is 0.243. The van der Waals surface area contributed by atoms with E-state index in [1.165, 1.54) is 0 Å². The van der Waals surface area contributed by atoms with Crippen molar-refractivity contribution in [2.75, 3.05) is 50.7 Å². The molecule has 0 unspecified atom stereocenters. The molecule has 1 N–H and O–H groups in total. The van der Waals surface area contributed by atoms with Crippen molar-refractivity contribution < 1.29 is 4.79 Å². The molecule has 0 aliphatic carbocycles. The number of likely N-dealkylation sites (tertiary alicyclic amines) is 1. The van der Waals surface area contributed by atoms with Crippen LogP contribution in [0.25, 0.3) is 0 Å². The van der Waals surface area contributed by atoms with Crippen LogP contribution in [0, 0.1) is 0 Å². The van der Waals surface area contributed by atoms with Crippen LogP contribution in [0.1, 0.15) is 24.6 Å². The zero-order valence-corrected chi connectivity index (χ0v) is 14.9. The van der Waals surface area contributed by atoms with Crippen molar-refractivity contribution in [3.8, 4) is 0 Å². The fourth-order valence-electron chi connectivity index (χ4n) is 3.75.